The van der Waals surface area contributed by atoms with E-state index in [1.165, 1.54) is 30.4 Å². The van der Waals surface area contributed by atoms with Gasteiger partial charge in [-0.2, -0.15) is 0 Å². The standard InChI is InChI=1S/C18H27N3O.ClH/c1-13(19)17-7-2-3-10-21(17)12-18(22)20-16-9-8-14-5-4-6-15(14)11-16;/h8-9,11,13,17H,2-7,10,12,19H2,1H3,(H,20,22);1H. The lowest BCUT2D eigenvalue weighted by Crippen LogP contribution is -2.51. The summed E-state index contributed by atoms with van der Waals surface area (Å²) < 4.78 is 0. The first kappa shape index (κ1) is 18.2. The van der Waals surface area contributed by atoms with Gasteiger partial charge in [0.05, 0.1) is 6.54 Å². The zero-order valence-corrected chi connectivity index (χ0v) is 14.7. The molecule has 1 amide bonds. The predicted molar refractivity (Wildman–Crippen MR) is 97.2 cm³/mol. The van der Waals surface area contributed by atoms with Crippen LogP contribution < -0.4 is 11.1 Å². The summed E-state index contributed by atoms with van der Waals surface area (Å²) in [6.45, 7) is 3.47. The summed E-state index contributed by atoms with van der Waals surface area (Å²) in [5.41, 5.74) is 9.83. The van der Waals surface area contributed by atoms with Crippen molar-refractivity contribution in [2.24, 2.45) is 5.73 Å². The van der Waals surface area contributed by atoms with E-state index in [1.54, 1.807) is 0 Å². The largest absolute Gasteiger partial charge is 0.327 e. The van der Waals surface area contributed by atoms with Crippen LogP contribution in [0.4, 0.5) is 5.69 Å². The van der Waals surface area contributed by atoms with Crippen molar-refractivity contribution in [1.82, 2.24) is 4.90 Å². The highest BCUT2D eigenvalue weighted by Crippen LogP contribution is 2.25. The number of carbonyl (C=O) groups is 1. The number of benzene rings is 1. The molecule has 1 heterocycles. The number of amides is 1. The molecule has 1 fully saturated rings. The topological polar surface area (TPSA) is 58.4 Å². The molecule has 5 heteroatoms. The van der Waals surface area contributed by atoms with Crippen LogP contribution >= 0.6 is 12.4 Å². The second-order valence-electron chi connectivity index (χ2n) is 6.78. The summed E-state index contributed by atoms with van der Waals surface area (Å²) in [6.07, 6.45) is 7.02. The Bertz CT molecular complexity index is 547. The maximum absolute atomic E-state index is 12.4. The number of nitrogens with zero attached hydrogens (tertiary/aromatic N) is 1. The van der Waals surface area contributed by atoms with Gasteiger partial charge in [-0.3, -0.25) is 9.69 Å². The van der Waals surface area contributed by atoms with Crippen molar-refractivity contribution in [3.05, 3.63) is 29.3 Å². The maximum Gasteiger partial charge on any atom is 0.238 e. The number of rotatable bonds is 4. The fourth-order valence-corrected chi connectivity index (χ4v) is 3.84. The Morgan fingerprint density at radius 1 is 1.30 bits per heavy atom. The monoisotopic (exact) mass is 337 g/mol. The minimum absolute atomic E-state index is 0. The van der Waals surface area contributed by atoms with Gasteiger partial charge in [-0.1, -0.05) is 12.5 Å². The summed E-state index contributed by atoms with van der Waals surface area (Å²) in [5.74, 6) is 0.0745. The first-order chi connectivity index (χ1) is 10.6. The van der Waals surface area contributed by atoms with Crippen LogP contribution in [0, 0.1) is 0 Å². The molecule has 1 aromatic rings. The Hall–Kier alpha value is -1.10. The summed E-state index contributed by atoms with van der Waals surface area (Å²) in [4.78, 5) is 14.6. The van der Waals surface area contributed by atoms with Gasteiger partial charge < -0.3 is 11.1 Å². The average molecular weight is 338 g/mol. The summed E-state index contributed by atoms with van der Waals surface area (Å²) in [7, 11) is 0. The van der Waals surface area contributed by atoms with Crippen LogP contribution in [0.25, 0.3) is 0 Å². The third-order valence-corrected chi connectivity index (χ3v) is 5.00. The average Bonchev–Trinajstić information content (AvgIpc) is 2.95. The molecule has 1 aliphatic heterocycles. The molecule has 0 aromatic heterocycles. The van der Waals surface area contributed by atoms with E-state index in [2.05, 4.69) is 22.3 Å². The van der Waals surface area contributed by atoms with Crippen molar-refractivity contribution in [3.8, 4) is 0 Å². The van der Waals surface area contributed by atoms with E-state index >= 15 is 0 Å². The second-order valence-corrected chi connectivity index (χ2v) is 6.78. The van der Waals surface area contributed by atoms with Crippen molar-refractivity contribution in [2.45, 2.75) is 57.5 Å². The third kappa shape index (κ3) is 4.46. The lowest BCUT2D eigenvalue weighted by Gasteiger charge is -2.37. The molecule has 23 heavy (non-hydrogen) atoms. The molecular formula is C18H28ClN3O. The number of anilines is 1. The lowest BCUT2D eigenvalue weighted by molar-refractivity contribution is -0.118. The summed E-state index contributed by atoms with van der Waals surface area (Å²) >= 11 is 0. The number of hydrogen-bond acceptors (Lipinski definition) is 3. The molecule has 0 spiro atoms. The molecule has 128 valence electrons. The highest BCUT2D eigenvalue weighted by molar-refractivity contribution is 5.92. The Morgan fingerprint density at radius 2 is 2.09 bits per heavy atom. The van der Waals surface area contributed by atoms with E-state index in [9.17, 15) is 4.79 Å². The van der Waals surface area contributed by atoms with Crippen LogP contribution in [-0.2, 0) is 17.6 Å². The SMILES string of the molecule is CC(N)C1CCCCN1CC(=O)Nc1ccc2c(c1)CCC2.Cl. The summed E-state index contributed by atoms with van der Waals surface area (Å²) in [5, 5.41) is 3.06. The highest BCUT2D eigenvalue weighted by atomic mass is 35.5. The van der Waals surface area contributed by atoms with Gasteiger partial charge >= 0.3 is 0 Å². The first-order valence-electron chi connectivity index (χ1n) is 8.55. The molecule has 1 aromatic carbocycles. The van der Waals surface area contributed by atoms with Crippen molar-refractivity contribution in [1.29, 1.82) is 0 Å². The molecule has 0 radical (unpaired) electrons. The molecular weight excluding hydrogens is 310 g/mol. The minimum Gasteiger partial charge on any atom is -0.327 e. The fourth-order valence-electron chi connectivity index (χ4n) is 3.84. The number of piperidine rings is 1. The number of fused-ring (bicyclic) bond motifs is 1. The lowest BCUT2D eigenvalue weighted by atomic mass is 9.97. The molecule has 2 aliphatic rings. The van der Waals surface area contributed by atoms with Gasteiger partial charge in [0.2, 0.25) is 5.91 Å². The molecule has 1 saturated heterocycles. The Balaban J connectivity index is 0.00000192. The summed E-state index contributed by atoms with van der Waals surface area (Å²) in [6, 6.07) is 6.78. The van der Waals surface area contributed by atoms with Crippen molar-refractivity contribution < 1.29 is 4.79 Å². The number of nitrogens with two attached hydrogens (primary N) is 1. The van der Waals surface area contributed by atoms with Gasteiger partial charge in [0.15, 0.2) is 0 Å². The van der Waals surface area contributed by atoms with Gasteiger partial charge in [-0.05, 0) is 68.8 Å². The predicted octanol–water partition coefficient (Wildman–Crippen LogP) is 2.74. The quantitative estimate of drug-likeness (QED) is 0.888. The van der Waals surface area contributed by atoms with E-state index in [0.29, 0.717) is 12.6 Å². The third-order valence-electron chi connectivity index (χ3n) is 5.00. The van der Waals surface area contributed by atoms with Gasteiger partial charge in [0.25, 0.3) is 0 Å². The van der Waals surface area contributed by atoms with E-state index < -0.39 is 0 Å². The van der Waals surface area contributed by atoms with E-state index in [4.69, 9.17) is 5.73 Å². The first-order valence-corrected chi connectivity index (χ1v) is 8.55. The van der Waals surface area contributed by atoms with Crippen LogP contribution in [0.5, 0.6) is 0 Å². The second kappa shape index (κ2) is 8.13. The number of nitrogens with one attached hydrogen (secondary N) is 1. The van der Waals surface area contributed by atoms with Crippen molar-refractivity contribution in [2.75, 3.05) is 18.4 Å². The Labute approximate surface area is 145 Å². The van der Waals surface area contributed by atoms with Crippen LogP contribution in [0.1, 0.15) is 43.7 Å². The molecule has 0 bridgehead atoms. The van der Waals surface area contributed by atoms with Crippen LogP contribution in [0.15, 0.2) is 18.2 Å². The molecule has 1 aliphatic carbocycles. The number of carbonyl (C=O) groups excluding carboxylic acids is 1. The Kier molecular flexibility index (Phi) is 6.45. The molecule has 0 saturated carbocycles. The van der Waals surface area contributed by atoms with Gasteiger partial charge in [-0.15, -0.1) is 12.4 Å². The maximum atomic E-state index is 12.4. The molecule has 3 rings (SSSR count). The number of halogens is 1. The minimum atomic E-state index is 0. The van der Waals surface area contributed by atoms with Crippen LogP contribution in [0.2, 0.25) is 0 Å². The number of likely N-dealkylation sites (tertiary alicyclic amines) is 1. The number of aryl methyl sites for hydroxylation is 2. The van der Waals surface area contributed by atoms with E-state index in [-0.39, 0.29) is 24.4 Å². The fraction of sp³-hybridized carbons (Fsp3) is 0.611. The normalized spacial score (nSPS) is 22.1. The van der Waals surface area contributed by atoms with Crippen molar-refractivity contribution in [3.63, 3.8) is 0 Å². The Morgan fingerprint density at radius 3 is 2.87 bits per heavy atom. The molecule has 4 nitrogen and oxygen atoms in total. The molecule has 2 unspecified atom stereocenters. The molecule has 3 N–H and O–H groups in total. The van der Waals surface area contributed by atoms with Crippen LogP contribution in [-0.4, -0.2) is 36.0 Å². The van der Waals surface area contributed by atoms with E-state index in [1.807, 2.05) is 13.0 Å². The smallest absolute Gasteiger partial charge is 0.238 e. The number of hydrogen-bond donors (Lipinski definition) is 2. The van der Waals surface area contributed by atoms with E-state index in [0.717, 1.165) is 31.5 Å². The van der Waals surface area contributed by atoms with Gasteiger partial charge in [-0.25, -0.2) is 0 Å². The van der Waals surface area contributed by atoms with Gasteiger partial charge in [0.1, 0.15) is 0 Å². The highest BCUT2D eigenvalue weighted by Gasteiger charge is 2.26. The molecule has 2 atom stereocenters. The zero-order valence-electron chi connectivity index (χ0n) is 13.9. The van der Waals surface area contributed by atoms with Crippen molar-refractivity contribution >= 4 is 24.0 Å². The zero-order chi connectivity index (χ0) is 15.5. The van der Waals surface area contributed by atoms with Crippen LogP contribution in [0.3, 0.4) is 0 Å². The van der Waals surface area contributed by atoms with Gasteiger partial charge in [0, 0.05) is 17.8 Å².